The first-order valence-corrected chi connectivity index (χ1v) is 7.69. The van der Waals surface area contributed by atoms with Gasteiger partial charge >= 0.3 is 0 Å². The summed E-state index contributed by atoms with van der Waals surface area (Å²) in [5, 5.41) is 2.50. The van der Waals surface area contributed by atoms with Gasteiger partial charge in [0, 0.05) is 19.7 Å². The zero-order valence-electron chi connectivity index (χ0n) is 10.1. The fraction of sp³-hybridized carbons (Fsp3) is 0.909. The minimum atomic E-state index is -0.238. The van der Waals surface area contributed by atoms with Crippen molar-refractivity contribution in [1.82, 2.24) is 5.32 Å². The quantitative estimate of drug-likeness (QED) is 0.608. The maximum atomic E-state index is 11.5. The molecule has 1 fully saturated rings. The van der Waals surface area contributed by atoms with E-state index in [1.807, 2.05) is 0 Å². The van der Waals surface area contributed by atoms with Crippen LogP contribution in [0.2, 0.25) is 0 Å². The molecular formula is C11H22N2O2S2. The molecule has 1 heterocycles. The normalized spacial score (nSPS) is 22.1. The maximum absolute atomic E-state index is 11.5. The molecule has 0 aromatic carbocycles. The number of nitrogens with two attached hydrogens (primary N) is 1. The molecule has 6 heteroatoms. The molecule has 0 saturated carbocycles. The van der Waals surface area contributed by atoms with Gasteiger partial charge in [-0.05, 0) is 31.4 Å². The second kappa shape index (κ2) is 9.08. The Kier molecular flexibility index (Phi) is 8.09. The molecule has 0 aromatic rings. The van der Waals surface area contributed by atoms with Crippen molar-refractivity contribution < 1.29 is 9.53 Å². The summed E-state index contributed by atoms with van der Waals surface area (Å²) in [6, 6.07) is 0. The summed E-state index contributed by atoms with van der Waals surface area (Å²) in [7, 11) is 0. The van der Waals surface area contributed by atoms with Crippen molar-refractivity contribution in [2.24, 2.45) is 5.73 Å². The molecule has 4 nitrogen and oxygen atoms in total. The Labute approximate surface area is 113 Å². The van der Waals surface area contributed by atoms with E-state index < -0.39 is 0 Å². The van der Waals surface area contributed by atoms with Gasteiger partial charge in [-0.3, -0.25) is 4.79 Å². The van der Waals surface area contributed by atoms with Crippen molar-refractivity contribution in [3.63, 3.8) is 0 Å². The minimum absolute atomic E-state index is 0.0241. The number of amides is 1. The highest BCUT2D eigenvalue weighted by atomic mass is 32.2. The maximum Gasteiger partial charge on any atom is 0.232 e. The SMILES string of the molecule is NCCNC(=O)C(S)CCSC1CCCCO1. The molecule has 0 aliphatic carbocycles. The smallest absolute Gasteiger partial charge is 0.232 e. The number of thioether (sulfide) groups is 1. The summed E-state index contributed by atoms with van der Waals surface area (Å²) in [4.78, 5) is 11.5. The van der Waals surface area contributed by atoms with E-state index in [9.17, 15) is 4.79 Å². The largest absolute Gasteiger partial charge is 0.368 e. The van der Waals surface area contributed by atoms with E-state index >= 15 is 0 Å². The third-order valence-corrected chi connectivity index (χ3v) is 4.29. The van der Waals surface area contributed by atoms with Crippen LogP contribution in [-0.4, -0.2) is 42.0 Å². The van der Waals surface area contributed by atoms with Crippen LogP contribution in [0.15, 0.2) is 0 Å². The molecule has 0 aromatic heterocycles. The fourth-order valence-electron chi connectivity index (χ4n) is 1.60. The van der Waals surface area contributed by atoms with Crippen molar-refractivity contribution >= 4 is 30.3 Å². The number of nitrogens with one attached hydrogen (secondary N) is 1. The van der Waals surface area contributed by atoms with Crippen LogP contribution >= 0.6 is 24.4 Å². The van der Waals surface area contributed by atoms with Crippen LogP contribution in [0.1, 0.15) is 25.7 Å². The Morgan fingerprint density at radius 3 is 3.06 bits per heavy atom. The van der Waals surface area contributed by atoms with E-state index in [4.69, 9.17) is 10.5 Å². The standard InChI is InChI=1S/C11H22N2O2S2/c12-5-6-13-11(14)9(16)4-8-17-10-3-1-2-7-15-10/h9-10,16H,1-8,12H2,(H,13,14). The first-order valence-electron chi connectivity index (χ1n) is 6.13. The number of hydrogen-bond acceptors (Lipinski definition) is 5. The lowest BCUT2D eigenvalue weighted by molar-refractivity contribution is -0.120. The Morgan fingerprint density at radius 1 is 1.59 bits per heavy atom. The van der Waals surface area contributed by atoms with Gasteiger partial charge in [-0.25, -0.2) is 0 Å². The van der Waals surface area contributed by atoms with E-state index in [1.165, 1.54) is 12.8 Å². The van der Waals surface area contributed by atoms with E-state index in [2.05, 4.69) is 17.9 Å². The Balaban J connectivity index is 2.06. The van der Waals surface area contributed by atoms with E-state index in [1.54, 1.807) is 11.8 Å². The van der Waals surface area contributed by atoms with Crippen LogP contribution in [0, 0.1) is 0 Å². The molecule has 2 unspecified atom stereocenters. The Hall–Kier alpha value is 0.0900. The van der Waals surface area contributed by atoms with Gasteiger partial charge in [0.05, 0.1) is 5.25 Å². The molecular weight excluding hydrogens is 256 g/mol. The van der Waals surface area contributed by atoms with Gasteiger partial charge in [-0.2, -0.15) is 12.6 Å². The molecule has 2 atom stereocenters. The van der Waals surface area contributed by atoms with Gasteiger partial charge in [0.1, 0.15) is 5.44 Å². The molecule has 0 spiro atoms. The Bertz CT molecular complexity index is 224. The topological polar surface area (TPSA) is 64.3 Å². The van der Waals surface area contributed by atoms with Crippen LogP contribution < -0.4 is 11.1 Å². The molecule has 3 N–H and O–H groups in total. The number of thiol groups is 1. The Morgan fingerprint density at radius 2 is 2.41 bits per heavy atom. The van der Waals surface area contributed by atoms with Gasteiger partial charge in [0.15, 0.2) is 0 Å². The van der Waals surface area contributed by atoms with Crippen LogP contribution in [0.4, 0.5) is 0 Å². The van der Waals surface area contributed by atoms with Crippen molar-refractivity contribution in [1.29, 1.82) is 0 Å². The van der Waals surface area contributed by atoms with Crippen molar-refractivity contribution in [3.8, 4) is 0 Å². The molecule has 0 bridgehead atoms. The van der Waals surface area contributed by atoms with Crippen molar-refractivity contribution in [2.75, 3.05) is 25.4 Å². The summed E-state index contributed by atoms with van der Waals surface area (Å²) in [6.45, 7) is 1.87. The lowest BCUT2D eigenvalue weighted by atomic mass is 10.2. The number of hydrogen-bond donors (Lipinski definition) is 3. The lowest BCUT2D eigenvalue weighted by Crippen LogP contribution is -2.35. The summed E-state index contributed by atoms with van der Waals surface area (Å²) in [6.07, 6.45) is 4.32. The summed E-state index contributed by atoms with van der Waals surface area (Å²) in [5.41, 5.74) is 5.63. The van der Waals surface area contributed by atoms with E-state index in [-0.39, 0.29) is 11.2 Å². The van der Waals surface area contributed by atoms with Crippen LogP contribution in [0.25, 0.3) is 0 Å². The molecule has 1 aliphatic heterocycles. The zero-order valence-corrected chi connectivity index (χ0v) is 11.8. The van der Waals surface area contributed by atoms with Crippen LogP contribution in [0.5, 0.6) is 0 Å². The fourth-order valence-corrected chi connectivity index (χ4v) is 3.15. The molecule has 1 aliphatic rings. The van der Waals surface area contributed by atoms with Gasteiger partial charge in [0.2, 0.25) is 5.91 Å². The van der Waals surface area contributed by atoms with Crippen molar-refractivity contribution in [3.05, 3.63) is 0 Å². The van der Waals surface area contributed by atoms with Crippen LogP contribution in [0.3, 0.4) is 0 Å². The number of carbonyl (C=O) groups excluding carboxylic acids is 1. The highest BCUT2D eigenvalue weighted by Gasteiger charge is 2.17. The molecule has 1 saturated heterocycles. The molecule has 1 rings (SSSR count). The summed E-state index contributed by atoms with van der Waals surface area (Å²) >= 11 is 6.08. The third-order valence-electron chi connectivity index (χ3n) is 2.58. The molecule has 1 amide bonds. The molecule has 0 radical (unpaired) electrons. The number of rotatable bonds is 7. The summed E-state index contributed by atoms with van der Waals surface area (Å²) < 4.78 is 5.61. The van der Waals surface area contributed by atoms with Gasteiger partial charge in [-0.1, -0.05) is 0 Å². The average Bonchev–Trinajstić information content (AvgIpc) is 2.37. The predicted molar refractivity (Wildman–Crippen MR) is 75.5 cm³/mol. The van der Waals surface area contributed by atoms with E-state index in [0.717, 1.165) is 25.2 Å². The number of carbonyl (C=O) groups is 1. The highest BCUT2D eigenvalue weighted by Crippen LogP contribution is 2.24. The van der Waals surface area contributed by atoms with Crippen LogP contribution in [-0.2, 0) is 9.53 Å². The van der Waals surface area contributed by atoms with E-state index in [0.29, 0.717) is 18.5 Å². The van der Waals surface area contributed by atoms with Gasteiger partial charge in [-0.15, -0.1) is 11.8 Å². The van der Waals surface area contributed by atoms with Crippen molar-refractivity contribution in [2.45, 2.75) is 36.4 Å². The lowest BCUT2D eigenvalue weighted by Gasteiger charge is -2.22. The second-order valence-corrected chi connectivity index (χ2v) is 5.94. The monoisotopic (exact) mass is 278 g/mol. The molecule has 100 valence electrons. The zero-order chi connectivity index (χ0) is 12.5. The predicted octanol–water partition coefficient (Wildman–Crippen LogP) is 1.01. The van der Waals surface area contributed by atoms with Gasteiger partial charge in [0.25, 0.3) is 0 Å². The number of ether oxygens (including phenoxy) is 1. The van der Waals surface area contributed by atoms with Gasteiger partial charge < -0.3 is 15.8 Å². The summed E-state index contributed by atoms with van der Waals surface area (Å²) in [5.74, 6) is 0.887. The highest BCUT2D eigenvalue weighted by molar-refractivity contribution is 7.99. The average molecular weight is 278 g/mol. The first kappa shape index (κ1) is 15.1. The first-order chi connectivity index (χ1) is 8.24. The second-order valence-electron chi connectivity index (χ2n) is 4.05. The third kappa shape index (κ3) is 6.55. The molecule has 17 heavy (non-hydrogen) atoms. The minimum Gasteiger partial charge on any atom is -0.368 e.